The predicted molar refractivity (Wildman–Crippen MR) is 259 cm³/mol. The van der Waals surface area contributed by atoms with Gasteiger partial charge in [0.1, 0.15) is 0 Å². The number of thiophene rings is 1. The number of benzene rings is 5. The number of pyridine rings is 1. The Balaban J connectivity index is 0.000000243. The molecule has 309 valence electrons. The van der Waals surface area contributed by atoms with Crippen molar-refractivity contribution in [2.75, 3.05) is 0 Å². The van der Waals surface area contributed by atoms with Gasteiger partial charge >= 0.3 is 126 Å². The van der Waals surface area contributed by atoms with Crippen molar-refractivity contribution in [3.05, 3.63) is 162 Å². The molecule has 0 aliphatic carbocycles. The summed E-state index contributed by atoms with van der Waals surface area (Å²) in [5.74, 6) is 9.59. The smallest absolute Gasteiger partial charge is 0 e. The van der Waals surface area contributed by atoms with E-state index in [-0.39, 0.29) is 20.1 Å². The van der Waals surface area contributed by atoms with Gasteiger partial charge in [0, 0.05) is 25.8 Å². The van der Waals surface area contributed by atoms with Crippen molar-refractivity contribution in [1.82, 2.24) is 14.5 Å². The maximum atomic E-state index is 5.25. The molecular formula is C54H57GeIrN3S-2. The van der Waals surface area contributed by atoms with Crippen LogP contribution in [0.3, 0.4) is 0 Å². The minimum absolute atomic E-state index is 0. The molecule has 0 bridgehead atoms. The normalized spacial score (nSPS) is 11.6. The summed E-state index contributed by atoms with van der Waals surface area (Å²) in [7, 11) is 0. The second-order valence-corrected chi connectivity index (χ2v) is 29.3. The van der Waals surface area contributed by atoms with Crippen LogP contribution in [0.2, 0.25) is 17.3 Å². The van der Waals surface area contributed by atoms with Crippen LogP contribution in [0, 0.1) is 17.4 Å². The van der Waals surface area contributed by atoms with Crippen molar-refractivity contribution in [2.24, 2.45) is 5.92 Å². The van der Waals surface area contributed by atoms with Crippen LogP contribution in [0.25, 0.3) is 66.2 Å². The number of fused-ring (bicyclic) bond motifs is 2. The van der Waals surface area contributed by atoms with Crippen LogP contribution in [0.1, 0.15) is 82.6 Å². The van der Waals surface area contributed by atoms with Gasteiger partial charge in [0.05, 0.1) is 16.9 Å². The van der Waals surface area contributed by atoms with E-state index in [1.165, 1.54) is 43.6 Å². The number of para-hydroxylation sites is 2. The fourth-order valence-electron chi connectivity index (χ4n) is 7.92. The molecule has 5 aromatic carbocycles. The summed E-state index contributed by atoms with van der Waals surface area (Å²) in [6.07, 6.45) is 3.27. The molecule has 0 saturated carbocycles. The number of imidazole rings is 1. The van der Waals surface area contributed by atoms with E-state index in [1.54, 1.807) is 15.7 Å². The molecule has 0 fully saturated rings. The Hall–Kier alpha value is -4.39. The van der Waals surface area contributed by atoms with Crippen LogP contribution in [0.4, 0.5) is 0 Å². The first-order valence-electron chi connectivity index (χ1n) is 21.0. The largest absolute Gasteiger partial charge is 0 e. The number of hydrogen-bond acceptors (Lipinski definition) is 3. The monoisotopic (exact) mass is 1050 g/mol. The first-order valence-corrected chi connectivity index (χ1v) is 29.1. The Labute approximate surface area is 378 Å². The topological polar surface area (TPSA) is 30.7 Å². The van der Waals surface area contributed by atoms with Gasteiger partial charge in [-0.15, -0.1) is 5.39 Å². The van der Waals surface area contributed by atoms with Crippen LogP contribution in [-0.4, -0.2) is 27.8 Å². The van der Waals surface area contributed by atoms with Gasteiger partial charge in [0.2, 0.25) is 0 Å². The minimum atomic E-state index is -1.86. The summed E-state index contributed by atoms with van der Waals surface area (Å²) in [6, 6.07) is 44.2. The van der Waals surface area contributed by atoms with Gasteiger partial charge in [-0.25, -0.2) is 0 Å². The SMILES string of the molecule is C=C(C)c1ccc2s[c-]c(-c3nc4ccccc4n3-c3c(C(C)C)cc(-c4ccccc4)cc3C(C)C)c2c1.CC(C)Cc1cc(-c2[c-]cccc2)nc[c]1[Ge]([CH3])([CH3])[CH3].[Ir]. The van der Waals surface area contributed by atoms with Gasteiger partial charge in [-0.2, -0.15) is 0 Å². The van der Waals surface area contributed by atoms with Crippen molar-refractivity contribution in [3.8, 4) is 39.5 Å². The van der Waals surface area contributed by atoms with Crippen LogP contribution < -0.4 is 4.40 Å². The maximum Gasteiger partial charge on any atom is 0 e. The van der Waals surface area contributed by atoms with Crippen LogP contribution in [-0.2, 0) is 26.5 Å². The molecular weight excluding hydrogens is 988 g/mol. The van der Waals surface area contributed by atoms with E-state index in [4.69, 9.17) is 9.97 Å². The van der Waals surface area contributed by atoms with Crippen molar-refractivity contribution in [3.63, 3.8) is 0 Å². The Morgan fingerprint density at radius 1 is 0.783 bits per heavy atom. The molecule has 0 spiro atoms. The summed E-state index contributed by atoms with van der Waals surface area (Å²) < 4.78 is 5.15. The summed E-state index contributed by atoms with van der Waals surface area (Å²) in [5.41, 5.74) is 15.4. The van der Waals surface area contributed by atoms with Gasteiger partial charge in [0.25, 0.3) is 0 Å². The molecule has 8 rings (SSSR count). The zero-order chi connectivity index (χ0) is 42.0. The molecule has 1 radical (unpaired) electrons. The summed E-state index contributed by atoms with van der Waals surface area (Å²) >= 11 is -0.202. The first kappa shape index (κ1) is 45.1. The standard InChI is InChI=1S/C36H33N2S.C18H24GeN.Ir/c1-22(2)26-16-17-34-30(18-26)31(21-39-34)36-37-32-14-10-11-15-33(32)38(36)35-28(23(3)4)19-27(20-29(35)24(5)6)25-12-8-7-9-13-25;1-14(2)11-16-12-18(15-9-7-6-8-10-15)20-13-17(16)19(3,4)5;/h7-20,23-24H,1H2,2-6H3;6-9,12-14H,11H2,1-5H3;/q2*-1;. The Bertz CT molecular complexity index is 2710. The molecule has 3 nitrogen and oxygen atoms in total. The Morgan fingerprint density at radius 3 is 2.07 bits per heavy atom. The van der Waals surface area contributed by atoms with E-state index in [0.29, 0.717) is 17.8 Å². The molecule has 0 N–H and O–H groups in total. The number of rotatable bonds is 10. The van der Waals surface area contributed by atoms with Crippen LogP contribution in [0.15, 0.2) is 128 Å². The number of aromatic nitrogens is 3. The van der Waals surface area contributed by atoms with Crippen LogP contribution in [0.5, 0.6) is 0 Å². The fourth-order valence-corrected chi connectivity index (χ4v) is 12.1. The molecule has 0 saturated heterocycles. The zero-order valence-corrected chi connectivity index (χ0v) is 42.1. The third-order valence-corrected chi connectivity index (χ3v) is 16.2. The molecule has 6 heteroatoms. The van der Waals surface area contributed by atoms with Crippen molar-refractivity contribution < 1.29 is 20.1 Å². The number of nitrogens with zero attached hydrogens (tertiary/aromatic N) is 3. The molecule has 0 aliphatic rings. The number of hydrogen-bond donors (Lipinski definition) is 0. The average molecular weight is 1040 g/mol. The molecule has 0 amide bonds. The first-order chi connectivity index (χ1) is 28.2. The second kappa shape index (κ2) is 19.1. The molecule has 0 atom stereocenters. The fraction of sp³-hybridized carbons (Fsp3) is 0.259. The quantitative estimate of drug-likeness (QED) is 0.101. The van der Waals surface area contributed by atoms with E-state index in [0.717, 1.165) is 51.2 Å². The van der Waals surface area contributed by atoms with E-state index in [9.17, 15) is 0 Å². The Kier molecular flexibility index (Phi) is 14.4. The minimum Gasteiger partial charge on any atom is 0 e. The third kappa shape index (κ3) is 9.71. The number of allylic oxidation sites excluding steroid dienone is 1. The van der Waals surface area contributed by atoms with Crippen molar-refractivity contribution >= 4 is 55.7 Å². The molecule has 8 aromatic rings. The van der Waals surface area contributed by atoms with Gasteiger partial charge in [0.15, 0.2) is 0 Å². The maximum absolute atomic E-state index is 5.25. The summed E-state index contributed by atoms with van der Waals surface area (Å²) in [5, 5.41) is 4.81. The predicted octanol–water partition coefficient (Wildman–Crippen LogP) is 14.9. The van der Waals surface area contributed by atoms with Gasteiger partial charge in [-0.05, 0) is 70.8 Å². The van der Waals surface area contributed by atoms with Gasteiger partial charge < -0.3 is 4.57 Å². The molecule has 0 aliphatic heterocycles. The zero-order valence-electron chi connectivity index (χ0n) is 36.8. The molecule has 3 heterocycles. The average Bonchev–Trinajstić information content (AvgIpc) is 3.81. The van der Waals surface area contributed by atoms with Gasteiger partial charge in [-0.1, -0.05) is 116 Å². The van der Waals surface area contributed by atoms with E-state index in [2.05, 4.69) is 192 Å². The summed E-state index contributed by atoms with van der Waals surface area (Å²) in [4.78, 5) is 9.95. The van der Waals surface area contributed by atoms with Crippen molar-refractivity contribution in [1.29, 1.82) is 0 Å². The third-order valence-electron chi connectivity index (χ3n) is 10.9. The molecule has 0 unspecified atom stereocenters. The van der Waals surface area contributed by atoms with E-state index in [1.807, 2.05) is 18.2 Å². The van der Waals surface area contributed by atoms with Gasteiger partial charge in [-0.3, -0.25) is 16.3 Å². The Morgan fingerprint density at radius 2 is 1.45 bits per heavy atom. The van der Waals surface area contributed by atoms with E-state index >= 15 is 0 Å². The molecule has 60 heavy (non-hydrogen) atoms. The van der Waals surface area contributed by atoms with Crippen LogP contribution >= 0.6 is 11.3 Å². The summed E-state index contributed by atoms with van der Waals surface area (Å²) in [6.45, 7) is 20.0. The second-order valence-electron chi connectivity index (χ2n) is 17.9. The van der Waals surface area contributed by atoms with E-state index < -0.39 is 13.3 Å². The molecule has 3 aromatic heterocycles. The van der Waals surface area contributed by atoms with Crippen molar-refractivity contribution in [2.45, 2.75) is 84.0 Å².